The Balaban J connectivity index is 2.66. The summed E-state index contributed by atoms with van der Waals surface area (Å²) in [6, 6.07) is 0. The van der Waals surface area contributed by atoms with Gasteiger partial charge in [0, 0.05) is 0 Å². The zero-order chi connectivity index (χ0) is 9.84. The van der Waals surface area contributed by atoms with Gasteiger partial charge in [-0.3, -0.25) is 0 Å². The van der Waals surface area contributed by atoms with Crippen molar-refractivity contribution < 1.29 is 19.0 Å². The normalized spacial score (nSPS) is 10.5. The van der Waals surface area contributed by atoms with Crippen LogP contribution in [0.2, 0.25) is 0 Å². The molecule has 0 unspecified atom stereocenters. The van der Waals surface area contributed by atoms with Crippen LogP contribution in [0.4, 0.5) is 14.7 Å². The molecule has 1 aromatic rings. The summed E-state index contributed by atoms with van der Waals surface area (Å²) in [5, 5.41) is 19.0. The molecule has 3 N–H and O–H groups in total. The fourth-order valence-electron chi connectivity index (χ4n) is 0.588. The Morgan fingerprint density at radius 3 is 2.15 bits per heavy atom. The topological polar surface area (TPSA) is 91.2 Å². The van der Waals surface area contributed by atoms with Crippen molar-refractivity contribution in [2.24, 2.45) is 0 Å². The molecule has 0 bridgehead atoms. The second-order valence-electron chi connectivity index (χ2n) is 2.06. The van der Waals surface area contributed by atoms with Crippen molar-refractivity contribution in [1.29, 1.82) is 0 Å². The van der Waals surface area contributed by atoms with E-state index in [1.165, 1.54) is 0 Å². The van der Waals surface area contributed by atoms with Gasteiger partial charge in [-0.05, 0) is 0 Å². The second-order valence-corrected chi connectivity index (χ2v) is 2.06. The molecule has 1 aromatic heterocycles. The maximum Gasteiger partial charge on any atom is 0.315 e. The van der Waals surface area contributed by atoms with Gasteiger partial charge in [0.05, 0.1) is 6.54 Å². The number of aliphatic hydroxyl groups excluding tert-OH is 1. The highest BCUT2D eigenvalue weighted by molar-refractivity contribution is 5.20. The number of hydrogen-bond acceptors (Lipinski definition) is 6. The van der Waals surface area contributed by atoms with Crippen LogP contribution < -0.4 is 5.32 Å². The van der Waals surface area contributed by atoms with E-state index in [1.54, 1.807) is 0 Å². The van der Waals surface area contributed by atoms with E-state index in [2.05, 4.69) is 20.3 Å². The second kappa shape index (κ2) is 4.01. The molecule has 0 saturated heterocycles. The number of aliphatic hydroxyl groups is 2. The molecular weight excluding hydrogens is 186 g/mol. The van der Waals surface area contributed by atoms with E-state index >= 15 is 0 Å². The van der Waals surface area contributed by atoms with Crippen LogP contribution in [0.5, 0.6) is 0 Å². The highest BCUT2D eigenvalue weighted by atomic mass is 19.1. The molecule has 0 aromatic carbocycles. The fraction of sp³-hybridized carbons (Fsp3) is 0.400. The van der Waals surface area contributed by atoms with Gasteiger partial charge in [-0.1, -0.05) is 0 Å². The third-order valence-corrected chi connectivity index (χ3v) is 1.02. The van der Waals surface area contributed by atoms with E-state index < -0.39 is 24.4 Å². The number of anilines is 1. The molecule has 8 heteroatoms. The average molecular weight is 192 g/mol. The highest BCUT2D eigenvalue weighted by Crippen LogP contribution is 1.98. The molecule has 0 amide bonds. The van der Waals surface area contributed by atoms with Gasteiger partial charge < -0.3 is 15.5 Å². The molecule has 0 saturated carbocycles. The van der Waals surface area contributed by atoms with Crippen molar-refractivity contribution in [1.82, 2.24) is 15.0 Å². The molecule has 72 valence electrons. The van der Waals surface area contributed by atoms with Crippen molar-refractivity contribution in [2.75, 3.05) is 11.9 Å². The maximum absolute atomic E-state index is 12.3. The van der Waals surface area contributed by atoms with E-state index in [1.807, 2.05) is 0 Å². The molecule has 1 heterocycles. The summed E-state index contributed by atoms with van der Waals surface area (Å²) in [5.74, 6) is -0.391. The first-order chi connectivity index (χ1) is 6.08. The Bertz CT molecular complexity index is 276. The Kier molecular flexibility index (Phi) is 2.98. The number of nitrogens with one attached hydrogen (secondary N) is 1. The predicted octanol–water partition coefficient (Wildman–Crippen LogP) is -1.13. The first-order valence-electron chi connectivity index (χ1n) is 3.25. The van der Waals surface area contributed by atoms with Crippen LogP contribution in [-0.4, -0.2) is 38.0 Å². The minimum absolute atomic E-state index is 0.330. The zero-order valence-corrected chi connectivity index (χ0v) is 6.28. The van der Waals surface area contributed by atoms with Gasteiger partial charge in [0.15, 0.2) is 6.29 Å². The number of rotatable bonds is 3. The third-order valence-electron chi connectivity index (χ3n) is 1.02. The van der Waals surface area contributed by atoms with Crippen molar-refractivity contribution in [3.05, 3.63) is 12.2 Å². The van der Waals surface area contributed by atoms with E-state index in [4.69, 9.17) is 10.2 Å². The number of halogens is 2. The molecule has 0 atom stereocenters. The largest absolute Gasteiger partial charge is 0.367 e. The van der Waals surface area contributed by atoms with Gasteiger partial charge in [-0.25, -0.2) is 0 Å². The summed E-state index contributed by atoms with van der Waals surface area (Å²) >= 11 is 0. The molecule has 6 nitrogen and oxygen atoms in total. The lowest BCUT2D eigenvalue weighted by atomic mass is 10.6. The Labute approximate surface area is 71.3 Å². The van der Waals surface area contributed by atoms with E-state index in [9.17, 15) is 8.78 Å². The molecule has 1 rings (SSSR count). The minimum Gasteiger partial charge on any atom is -0.367 e. The smallest absolute Gasteiger partial charge is 0.315 e. The van der Waals surface area contributed by atoms with Crippen LogP contribution >= 0.6 is 0 Å². The van der Waals surface area contributed by atoms with Crippen LogP contribution in [0.15, 0.2) is 0 Å². The van der Waals surface area contributed by atoms with Crippen molar-refractivity contribution in [2.45, 2.75) is 6.29 Å². The Hall–Kier alpha value is -1.41. The quantitative estimate of drug-likeness (QED) is 0.525. The van der Waals surface area contributed by atoms with E-state index in [0.29, 0.717) is 0 Å². The summed E-state index contributed by atoms with van der Waals surface area (Å²) in [6.07, 6.45) is -4.20. The molecule has 0 aliphatic carbocycles. The summed E-state index contributed by atoms with van der Waals surface area (Å²) < 4.78 is 24.6. The van der Waals surface area contributed by atoms with Crippen molar-refractivity contribution in [3.8, 4) is 0 Å². The summed E-state index contributed by atoms with van der Waals surface area (Å²) in [4.78, 5) is 8.73. The van der Waals surface area contributed by atoms with Gasteiger partial charge in [-0.2, -0.15) is 23.7 Å². The Morgan fingerprint density at radius 1 is 1.15 bits per heavy atom. The fourth-order valence-corrected chi connectivity index (χ4v) is 0.588. The molecule has 0 spiro atoms. The van der Waals surface area contributed by atoms with Gasteiger partial charge in [0.2, 0.25) is 5.95 Å². The molecule has 0 aliphatic rings. The first-order valence-corrected chi connectivity index (χ1v) is 3.25. The Morgan fingerprint density at radius 2 is 1.69 bits per heavy atom. The highest BCUT2D eigenvalue weighted by Gasteiger charge is 2.05. The standard InChI is InChI=1S/C5H6F2N4O2/c6-3-9-4(7)11-5(10-3)8-1-2(12)13/h2,12-13H,1H2,(H,8,9,10,11). The van der Waals surface area contributed by atoms with E-state index in [-0.39, 0.29) is 6.54 Å². The summed E-state index contributed by atoms with van der Waals surface area (Å²) in [5.41, 5.74) is 0. The molecule has 0 fully saturated rings. The van der Waals surface area contributed by atoms with Gasteiger partial charge in [-0.15, -0.1) is 0 Å². The van der Waals surface area contributed by atoms with Crippen molar-refractivity contribution >= 4 is 5.95 Å². The lowest BCUT2D eigenvalue weighted by molar-refractivity contribution is -0.0277. The lowest BCUT2D eigenvalue weighted by Gasteiger charge is -2.04. The van der Waals surface area contributed by atoms with Crippen LogP contribution in [0.25, 0.3) is 0 Å². The van der Waals surface area contributed by atoms with Gasteiger partial charge >= 0.3 is 12.2 Å². The van der Waals surface area contributed by atoms with E-state index in [0.717, 1.165) is 0 Å². The monoisotopic (exact) mass is 192 g/mol. The van der Waals surface area contributed by atoms with Crippen LogP contribution in [0.1, 0.15) is 0 Å². The number of nitrogens with zero attached hydrogens (tertiary/aromatic N) is 3. The SMILES string of the molecule is OC(O)CNc1nc(F)nc(F)n1. The number of hydrogen-bond donors (Lipinski definition) is 3. The van der Waals surface area contributed by atoms with Gasteiger partial charge in [0.1, 0.15) is 0 Å². The molecule has 0 aliphatic heterocycles. The predicted molar refractivity (Wildman–Crippen MR) is 36.5 cm³/mol. The lowest BCUT2D eigenvalue weighted by Crippen LogP contribution is -2.20. The zero-order valence-electron chi connectivity index (χ0n) is 6.28. The van der Waals surface area contributed by atoms with Crippen LogP contribution in [0, 0.1) is 12.2 Å². The minimum atomic E-state index is -1.65. The van der Waals surface area contributed by atoms with Crippen molar-refractivity contribution in [3.63, 3.8) is 0 Å². The third kappa shape index (κ3) is 3.22. The number of aromatic nitrogens is 3. The molecule has 0 radical (unpaired) electrons. The van der Waals surface area contributed by atoms with Crippen LogP contribution in [-0.2, 0) is 0 Å². The summed E-state index contributed by atoms with van der Waals surface area (Å²) in [7, 11) is 0. The maximum atomic E-state index is 12.3. The summed E-state index contributed by atoms with van der Waals surface area (Å²) in [6.45, 7) is -0.330. The van der Waals surface area contributed by atoms with Crippen LogP contribution in [0.3, 0.4) is 0 Å². The molecular formula is C5H6F2N4O2. The first kappa shape index (κ1) is 9.68. The average Bonchev–Trinajstić information content (AvgIpc) is 1.99. The molecule has 13 heavy (non-hydrogen) atoms. The van der Waals surface area contributed by atoms with Gasteiger partial charge in [0.25, 0.3) is 0 Å².